The van der Waals surface area contributed by atoms with E-state index in [9.17, 15) is 4.79 Å². The molecule has 8 heteroatoms. The van der Waals surface area contributed by atoms with E-state index in [1.54, 1.807) is 37.4 Å². The Balaban J connectivity index is 1.49. The number of hydrogen-bond donors (Lipinski definition) is 1. The minimum Gasteiger partial charge on any atom is -0.497 e. The van der Waals surface area contributed by atoms with Crippen molar-refractivity contribution >= 4 is 35.0 Å². The van der Waals surface area contributed by atoms with E-state index in [1.807, 2.05) is 18.2 Å². The number of rotatable bonds is 7. The van der Waals surface area contributed by atoms with E-state index in [0.717, 1.165) is 11.4 Å². The minimum atomic E-state index is -0.0893. The van der Waals surface area contributed by atoms with E-state index in [1.165, 1.54) is 11.8 Å². The van der Waals surface area contributed by atoms with E-state index < -0.39 is 0 Å². The van der Waals surface area contributed by atoms with E-state index in [0.29, 0.717) is 33.9 Å². The zero-order valence-electron chi connectivity index (χ0n) is 13.9. The first-order chi connectivity index (χ1) is 12.7. The van der Waals surface area contributed by atoms with Crippen molar-refractivity contribution in [3.8, 4) is 17.2 Å². The summed E-state index contributed by atoms with van der Waals surface area (Å²) >= 11 is 7.44. The molecule has 3 aromatic rings. The Morgan fingerprint density at radius 3 is 2.69 bits per heavy atom. The van der Waals surface area contributed by atoms with Crippen molar-refractivity contribution < 1.29 is 13.9 Å². The molecule has 0 bridgehead atoms. The molecule has 0 unspecified atom stereocenters. The molecule has 0 fully saturated rings. The highest BCUT2D eigenvalue weighted by Crippen LogP contribution is 2.28. The topological polar surface area (TPSA) is 77.2 Å². The lowest BCUT2D eigenvalue weighted by Gasteiger charge is -2.05. The second kappa shape index (κ2) is 8.73. The number of anilines is 1. The second-order valence-corrected chi connectivity index (χ2v) is 6.68. The fourth-order valence-electron chi connectivity index (χ4n) is 2.14. The van der Waals surface area contributed by atoms with Crippen LogP contribution in [-0.2, 0) is 4.79 Å². The number of halogens is 1. The van der Waals surface area contributed by atoms with Gasteiger partial charge in [-0.15, -0.1) is 10.2 Å². The van der Waals surface area contributed by atoms with Gasteiger partial charge in [0.05, 0.1) is 17.7 Å². The number of nitrogens with zero attached hydrogens (tertiary/aromatic N) is 2. The SMILES string of the molecule is COc1ccc(NC(=O)CCSc2nnc(-c3ccccc3Cl)o2)cc1. The van der Waals surface area contributed by atoms with Crippen molar-refractivity contribution in [2.24, 2.45) is 0 Å². The van der Waals surface area contributed by atoms with Gasteiger partial charge in [0.25, 0.3) is 5.22 Å². The Hall–Kier alpha value is -2.51. The molecule has 134 valence electrons. The van der Waals surface area contributed by atoms with Crippen LogP contribution in [0.4, 0.5) is 5.69 Å². The summed E-state index contributed by atoms with van der Waals surface area (Å²) in [7, 11) is 1.60. The van der Waals surface area contributed by atoms with Gasteiger partial charge in [0.1, 0.15) is 5.75 Å². The summed E-state index contributed by atoms with van der Waals surface area (Å²) in [6.07, 6.45) is 0.320. The molecule has 26 heavy (non-hydrogen) atoms. The van der Waals surface area contributed by atoms with Gasteiger partial charge in [-0.25, -0.2) is 0 Å². The summed E-state index contributed by atoms with van der Waals surface area (Å²) in [4.78, 5) is 12.0. The van der Waals surface area contributed by atoms with Crippen molar-refractivity contribution in [2.45, 2.75) is 11.6 Å². The first-order valence-electron chi connectivity index (χ1n) is 7.81. The zero-order valence-corrected chi connectivity index (χ0v) is 15.5. The Labute approximate surface area is 159 Å². The molecule has 0 aliphatic carbocycles. The first kappa shape index (κ1) is 18.3. The number of carbonyl (C=O) groups excluding carboxylic acids is 1. The first-order valence-corrected chi connectivity index (χ1v) is 9.17. The summed E-state index contributed by atoms with van der Waals surface area (Å²) in [6.45, 7) is 0. The minimum absolute atomic E-state index is 0.0893. The molecule has 0 saturated heterocycles. The van der Waals surface area contributed by atoms with Crippen molar-refractivity contribution in [3.63, 3.8) is 0 Å². The number of thioether (sulfide) groups is 1. The number of methoxy groups -OCH3 is 1. The Kier molecular flexibility index (Phi) is 6.14. The summed E-state index contributed by atoms with van der Waals surface area (Å²) in [6, 6.07) is 14.4. The highest BCUT2D eigenvalue weighted by atomic mass is 35.5. The molecule has 0 radical (unpaired) electrons. The van der Waals surface area contributed by atoms with Gasteiger partial charge in [-0.1, -0.05) is 35.5 Å². The lowest BCUT2D eigenvalue weighted by atomic mass is 10.2. The van der Waals surface area contributed by atoms with Crippen LogP contribution in [0.3, 0.4) is 0 Å². The molecule has 1 aromatic heterocycles. The molecule has 3 rings (SSSR count). The molecule has 1 heterocycles. The largest absolute Gasteiger partial charge is 0.497 e. The van der Waals surface area contributed by atoms with Gasteiger partial charge in [-0.3, -0.25) is 4.79 Å². The van der Waals surface area contributed by atoms with E-state index in [-0.39, 0.29) is 5.91 Å². The third-order valence-electron chi connectivity index (χ3n) is 3.44. The van der Waals surface area contributed by atoms with Gasteiger partial charge < -0.3 is 14.5 Å². The van der Waals surface area contributed by atoms with Gasteiger partial charge in [0, 0.05) is 17.9 Å². The number of nitrogens with one attached hydrogen (secondary N) is 1. The third-order valence-corrected chi connectivity index (χ3v) is 4.59. The van der Waals surface area contributed by atoms with Crippen LogP contribution in [0.2, 0.25) is 5.02 Å². The molecular formula is C18H16ClN3O3S. The molecule has 2 aromatic carbocycles. The third kappa shape index (κ3) is 4.77. The number of aromatic nitrogens is 2. The second-order valence-electron chi connectivity index (χ2n) is 5.23. The maximum atomic E-state index is 12.0. The van der Waals surface area contributed by atoms with Crippen LogP contribution in [0.15, 0.2) is 58.2 Å². The normalized spacial score (nSPS) is 10.5. The predicted octanol–water partition coefficient (Wildman–Crippen LogP) is 4.52. The fourth-order valence-corrected chi connectivity index (χ4v) is 3.06. The molecule has 0 aliphatic heterocycles. The van der Waals surface area contributed by atoms with Crippen LogP contribution in [-0.4, -0.2) is 29.0 Å². The summed E-state index contributed by atoms with van der Waals surface area (Å²) in [5.41, 5.74) is 1.41. The quantitative estimate of drug-likeness (QED) is 0.598. The van der Waals surface area contributed by atoms with E-state index >= 15 is 0 Å². The van der Waals surface area contributed by atoms with E-state index in [4.69, 9.17) is 20.8 Å². The van der Waals surface area contributed by atoms with Gasteiger partial charge in [-0.2, -0.15) is 0 Å². The standard InChI is InChI=1S/C18H16ClN3O3S/c1-24-13-8-6-12(7-9-13)20-16(23)10-11-26-18-22-21-17(25-18)14-4-2-3-5-15(14)19/h2-9H,10-11H2,1H3,(H,20,23). The van der Waals surface area contributed by atoms with Crippen LogP contribution < -0.4 is 10.1 Å². The van der Waals surface area contributed by atoms with E-state index in [2.05, 4.69) is 15.5 Å². The smallest absolute Gasteiger partial charge is 0.276 e. The predicted molar refractivity (Wildman–Crippen MR) is 102 cm³/mol. The molecule has 0 spiro atoms. The van der Waals surface area contributed by atoms with Crippen LogP contribution in [0, 0.1) is 0 Å². The van der Waals surface area contributed by atoms with Gasteiger partial charge in [0.2, 0.25) is 11.8 Å². The zero-order chi connectivity index (χ0) is 18.4. The average Bonchev–Trinajstić information content (AvgIpc) is 3.11. The fraction of sp³-hybridized carbons (Fsp3) is 0.167. The summed E-state index contributed by atoms with van der Waals surface area (Å²) in [5.74, 6) is 1.53. The van der Waals surface area contributed by atoms with Crippen molar-refractivity contribution in [2.75, 3.05) is 18.2 Å². The van der Waals surface area contributed by atoms with Crippen molar-refractivity contribution in [3.05, 3.63) is 53.6 Å². The highest BCUT2D eigenvalue weighted by Gasteiger charge is 2.12. The maximum absolute atomic E-state index is 12.0. The summed E-state index contributed by atoms with van der Waals surface area (Å²) < 4.78 is 10.7. The number of hydrogen-bond acceptors (Lipinski definition) is 6. The van der Waals surface area contributed by atoms with Gasteiger partial charge >= 0.3 is 0 Å². The molecule has 6 nitrogen and oxygen atoms in total. The molecular weight excluding hydrogens is 374 g/mol. The van der Waals surface area contributed by atoms with Crippen LogP contribution in [0.5, 0.6) is 5.75 Å². The number of ether oxygens (including phenoxy) is 1. The lowest BCUT2D eigenvalue weighted by Crippen LogP contribution is -2.12. The Morgan fingerprint density at radius 1 is 1.19 bits per heavy atom. The number of carbonyl (C=O) groups is 1. The number of amides is 1. The Morgan fingerprint density at radius 2 is 1.96 bits per heavy atom. The van der Waals surface area contributed by atoms with Crippen LogP contribution in [0.1, 0.15) is 6.42 Å². The van der Waals surface area contributed by atoms with Gasteiger partial charge in [0.15, 0.2) is 0 Å². The van der Waals surface area contributed by atoms with Crippen LogP contribution in [0.25, 0.3) is 11.5 Å². The number of benzene rings is 2. The maximum Gasteiger partial charge on any atom is 0.276 e. The lowest BCUT2D eigenvalue weighted by molar-refractivity contribution is -0.115. The average molecular weight is 390 g/mol. The molecule has 0 atom stereocenters. The molecule has 0 saturated carbocycles. The molecule has 1 N–H and O–H groups in total. The highest BCUT2D eigenvalue weighted by molar-refractivity contribution is 7.99. The summed E-state index contributed by atoms with van der Waals surface area (Å²) in [5, 5.41) is 11.7. The van der Waals surface area contributed by atoms with Gasteiger partial charge in [-0.05, 0) is 36.4 Å². The Bertz CT molecular complexity index is 883. The monoisotopic (exact) mass is 389 g/mol. The van der Waals surface area contributed by atoms with Crippen molar-refractivity contribution in [1.29, 1.82) is 0 Å². The van der Waals surface area contributed by atoms with Crippen LogP contribution >= 0.6 is 23.4 Å². The molecule has 0 aliphatic rings. The van der Waals surface area contributed by atoms with Crippen molar-refractivity contribution in [1.82, 2.24) is 10.2 Å². The molecule has 1 amide bonds.